The molecule has 0 unspecified atom stereocenters. The van der Waals surface area contributed by atoms with Crippen molar-refractivity contribution in [1.82, 2.24) is 59.8 Å². The zero-order chi connectivity index (χ0) is 67.0. The molecular formula is C88H60N12. The largest absolute Gasteiger partial charge is 0.208 e. The smallest absolute Gasteiger partial charge is 0.164 e. The highest BCUT2D eigenvalue weighted by Gasteiger charge is 2.50. The zero-order valence-corrected chi connectivity index (χ0v) is 54.5. The molecule has 100 heavy (non-hydrogen) atoms. The Morgan fingerprint density at radius 3 is 0.490 bits per heavy atom. The van der Waals surface area contributed by atoms with Gasteiger partial charge in [0, 0.05) is 72.2 Å². The van der Waals surface area contributed by atoms with Crippen molar-refractivity contribution in [3.63, 3.8) is 0 Å². The van der Waals surface area contributed by atoms with Crippen LogP contribution < -0.4 is 0 Å². The summed E-state index contributed by atoms with van der Waals surface area (Å²) in [5.74, 6) is 5.89. The minimum atomic E-state index is -1.23. The third-order valence-corrected chi connectivity index (χ3v) is 18.6. The Morgan fingerprint density at radius 2 is 0.310 bits per heavy atom. The van der Waals surface area contributed by atoms with Gasteiger partial charge in [0.25, 0.3) is 0 Å². The highest BCUT2D eigenvalue weighted by atomic mass is 15.1. The summed E-state index contributed by atoms with van der Waals surface area (Å²) in [6, 6.07) is 112. The zero-order valence-electron chi connectivity index (χ0n) is 54.5. The van der Waals surface area contributed by atoms with Crippen molar-refractivity contribution in [3.05, 3.63) is 361 Å². The predicted octanol–water partition coefficient (Wildman–Crippen LogP) is 19.5. The fourth-order valence-corrected chi connectivity index (χ4v) is 13.7. The molecular weight excluding hydrogens is 1230 g/mol. The van der Waals surface area contributed by atoms with Gasteiger partial charge in [0.05, 0.1) is 5.41 Å². The molecule has 12 heteroatoms. The standard InChI is InChI=1S/C88H60N12/c1-87(2)71-47-27-29-49-73(71)88(74-50-30-28-48-72(74)87,69-53-65(83-93-75(57-31-11-3-12-32-57)89-76(94-83)58-33-13-4-14-34-58)51-66(54-69)84-95-77(59-35-15-5-16-36-59)90-78(96-84)60-37-17-6-18-38-60)70-55-67(85-97-79(61-39-19-7-20-40-61)91-80(98-85)62-41-21-8-22-42-62)52-68(56-70)86-99-81(63-43-23-9-24-44-63)92-82(100-86)64-45-25-10-26-46-64/h3-56H,1-2H3. The Kier molecular flexibility index (Phi) is 15.5. The lowest BCUT2D eigenvalue weighted by molar-refractivity contribution is 0.558. The van der Waals surface area contributed by atoms with Gasteiger partial charge < -0.3 is 0 Å². The second-order valence-corrected chi connectivity index (χ2v) is 25.2. The molecule has 1 aliphatic rings. The van der Waals surface area contributed by atoms with Crippen molar-refractivity contribution in [2.75, 3.05) is 0 Å². The fourth-order valence-electron chi connectivity index (χ4n) is 13.7. The topological polar surface area (TPSA) is 155 Å². The maximum absolute atomic E-state index is 5.48. The molecule has 0 radical (unpaired) electrons. The van der Waals surface area contributed by atoms with Crippen molar-refractivity contribution >= 4 is 0 Å². The molecule has 0 saturated heterocycles. The SMILES string of the molecule is CC1(C)c2ccccc2C(c2cc(-c3nc(-c4ccccc4)nc(-c4ccccc4)n3)cc(-c3nc(-c4ccccc4)nc(-c4ccccc4)n3)c2)(c2cc(-c3nc(-c4ccccc4)nc(-c4ccccc4)n3)cc(-c3nc(-c4ccccc4)nc(-c4ccccc4)n3)c2)c2ccccc21. The lowest BCUT2D eigenvalue weighted by Crippen LogP contribution is -2.42. The molecule has 472 valence electrons. The van der Waals surface area contributed by atoms with Crippen molar-refractivity contribution < 1.29 is 0 Å². The molecule has 0 N–H and O–H groups in total. The van der Waals surface area contributed by atoms with Crippen LogP contribution in [0, 0.1) is 0 Å². The summed E-state index contributed by atoms with van der Waals surface area (Å²) in [7, 11) is 0. The number of fused-ring (bicyclic) bond motifs is 2. The Labute approximate surface area is 578 Å². The van der Waals surface area contributed by atoms with Crippen LogP contribution in [0.2, 0.25) is 0 Å². The number of benzene rings is 12. The van der Waals surface area contributed by atoms with Crippen LogP contribution in [0.5, 0.6) is 0 Å². The van der Waals surface area contributed by atoms with Gasteiger partial charge in [0.1, 0.15) is 0 Å². The van der Waals surface area contributed by atoms with E-state index in [0.717, 1.165) is 77.9 Å². The molecule has 0 amide bonds. The molecule has 4 heterocycles. The van der Waals surface area contributed by atoms with E-state index in [4.69, 9.17) is 59.8 Å². The highest BCUT2D eigenvalue weighted by molar-refractivity contribution is 5.82. The van der Waals surface area contributed by atoms with Crippen LogP contribution in [0.4, 0.5) is 0 Å². The first-order chi connectivity index (χ1) is 49.3. The van der Waals surface area contributed by atoms with Gasteiger partial charge in [-0.25, -0.2) is 59.8 Å². The number of hydrogen-bond acceptors (Lipinski definition) is 12. The van der Waals surface area contributed by atoms with Crippen LogP contribution in [-0.2, 0) is 10.8 Å². The molecule has 0 atom stereocenters. The summed E-state index contributed by atoms with van der Waals surface area (Å²) in [5.41, 5.74) is 13.8. The lowest BCUT2D eigenvalue weighted by atomic mass is 9.54. The molecule has 1 aliphatic carbocycles. The molecule has 12 aromatic carbocycles. The summed E-state index contributed by atoms with van der Waals surface area (Å²) in [6.07, 6.45) is 0. The summed E-state index contributed by atoms with van der Waals surface area (Å²) < 4.78 is 0. The molecule has 0 bridgehead atoms. The van der Waals surface area contributed by atoms with Gasteiger partial charge in [-0.2, -0.15) is 0 Å². The van der Waals surface area contributed by atoms with E-state index in [1.54, 1.807) is 0 Å². The van der Waals surface area contributed by atoms with Gasteiger partial charge in [-0.3, -0.25) is 0 Å². The normalized spacial score (nSPS) is 12.7. The molecule has 12 nitrogen and oxygen atoms in total. The van der Waals surface area contributed by atoms with Crippen LogP contribution in [0.3, 0.4) is 0 Å². The number of aromatic nitrogens is 12. The number of nitrogens with zero attached hydrogens (tertiary/aromatic N) is 12. The Hall–Kier alpha value is -13.3. The molecule has 0 fully saturated rings. The molecule has 16 aromatic rings. The van der Waals surface area contributed by atoms with Gasteiger partial charge in [-0.05, 0) is 69.8 Å². The van der Waals surface area contributed by atoms with E-state index >= 15 is 0 Å². The van der Waals surface area contributed by atoms with E-state index in [1.165, 1.54) is 0 Å². The summed E-state index contributed by atoms with van der Waals surface area (Å²) >= 11 is 0. The third kappa shape index (κ3) is 11.3. The Balaban J connectivity index is 1.03. The average molecular weight is 1290 g/mol. The maximum atomic E-state index is 5.48. The monoisotopic (exact) mass is 1280 g/mol. The van der Waals surface area contributed by atoms with Crippen LogP contribution in [0.15, 0.2) is 328 Å². The van der Waals surface area contributed by atoms with Crippen LogP contribution in [-0.4, -0.2) is 59.8 Å². The Morgan fingerprint density at radius 1 is 0.160 bits per heavy atom. The second kappa shape index (κ2) is 25.7. The molecule has 0 aliphatic heterocycles. The predicted molar refractivity (Wildman–Crippen MR) is 396 cm³/mol. The average Bonchev–Trinajstić information content (AvgIpc) is 0.683. The lowest BCUT2D eigenvalue weighted by Gasteiger charge is -2.48. The molecule has 0 saturated carbocycles. The summed E-state index contributed by atoms with van der Waals surface area (Å²) in [5, 5.41) is 0. The van der Waals surface area contributed by atoms with Gasteiger partial charge >= 0.3 is 0 Å². The first-order valence-corrected chi connectivity index (χ1v) is 33.3. The number of hydrogen-bond donors (Lipinski definition) is 0. The van der Waals surface area contributed by atoms with Gasteiger partial charge in [0.2, 0.25) is 0 Å². The Bertz CT molecular complexity index is 4800. The van der Waals surface area contributed by atoms with E-state index in [-0.39, 0.29) is 0 Å². The van der Waals surface area contributed by atoms with Gasteiger partial charge in [-0.1, -0.05) is 305 Å². The van der Waals surface area contributed by atoms with Gasteiger partial charge in [0.15, 0.2) is 69.9 Å². The fraction of sp³-hybridized carbons (Fsp3) is 0.0455. The highest BCUT2D eigenvalue weighted by Crippen LogP contribution is 2.57. The maximum Gasteiger partial charge on any atom is 0.164 e. The van der Waals surface area contributed by atoms with Crippen LogP contribution in [0.1, 0.15) is 47.2 Å². The van der Waals surface area contributed by atoms with Gasteiger partial charge in [-0.15, -0.1) is 0 Å². The van der Waals surface area contributed by atoms with E-state index in [2.05, 4.69) is 98.8 Å². The third-order valence-electron chi connectivity index (χ3n) is 18.6. The molecule has 17 rings (SSSR count). The van der Waals surface area contributed by atoms with E-state index in [1.807, 2.05) is 243 Å². The van der Waals surface area contributed by atoms with Crippen molar-refractivity contribution in [1.29, 1.82) is 0 Å². The van der Waals surface area contributed by atoms with Crippen LogP contribution >= 0.6 is 0 Å². The first kappa shape index (κ1) is 60.4. The minimum absolute atomic E-state index is 0.442. The van der Waals surface area contributed by atoms with Crippen LogP contribution in [0.25, 0.3) is 137 Å². The minimum Gasteiger partial charge on any atom is -0.208 e. The quantitative estimate of drug-likeness (QED) is 0.102. The summed E-state index contributed by atoms with van der Waals surface area (Å²) in [4.78, 5) is 64.7. The second-order valence-electron chi connectivity index (χ2n) is 25.2. The molecule has 0 spiro atoms. The first-order valence-electron chi connectivity index (χ1n) is 33.3. The van der Waals surface area contributed by atoms with Crippen molar-refractivity contribution in [2.24, 2.45) is 0 Å². The summed E-state index contributed by atoms with van der Waals surface area (Å²) in [6.45, 7) is 4.64. The van der Waals surface area contributed by atoms with E-state index in [0.29, 0.717) is 92.1 Å². The molecule has 4 aromatic heterocycles. The number of rotatable bonds is 14. The van der Waals surface area contributed by atoms with Crippen molar-refractivity contribution in [3.8, 4) is 137 Å². The van der Waals surface area contributed by atoms with E-state index < -0.39 is 10.8 Å². The van der Waals surface area contributed by atoms with Crippen molar-refractivity contribution in [2.45, 2.75) is 24.7 Å². The van der Waals surface area contributed by atoms with E-state index in [9.17, 15) is 0 Å².